The molecule has 0 N–H and O–H groups in total. The molecule has 4 aromatic carbocycles. The Balaban J connectivity index is 1.55. The smallest absolute Gasteiger partial charge is 0.278 e. The molecule has 0 saturated carbocycles. The predicted octanol–water partition coefficient (Wildman–Crippen LogP) is 10.4. The van der Waals surface area contributed by atoms with Gasteiger partial charge in [0.2, 0.25) is 11.2 Å². The normalized spacial score (nSPS) is 21.3. The number of pyridine rings is 1. The van der Waals surface area contributed by atoms with Crippen LogP contribution in [0.2, 0.25) is 0 Å². The second kappa shape index (κ2) is 9.37. The molecule has 1 saturated heterocycles. The molecule has 0 radical (unpaired) electrons. The van der Waals surface area contributed by atoms with Gasteiger partial charge < -0.3 is 0 Å². The summed E-state index contributed by atoms with van der Waals surface area (Å²) in [6, 6.07) is 31.2. The lowest BCUT2D eigenvalue weighted by molar-refractivity contribution is -0.663. The number of fused-ring (bicyclic) bond motifs is 14. The Morgan fingerprint density at radius 2 is 1.32 bits per heavy atom. The van der Waals surface area contributed by atoms with Crippen LogP contribution in [0.1, 0.15) is 84.6 Å². The number of thioether (sulfide) groups is 2. The number of benzene rings is 4. The molecule has 2 nitrogen and oxygen atoms in total. The van der Waals surface area contributed by atoms with Gasteiger partial charge in [0.25, 0.3) is 4.20 Å². The maximum atomic E-state index is 2.77. The highest BCUT2D eigenvalue weighted by Crippen LogP contribution is 2.69. The SMILES string of the molecule is CC(C)N(C(C)C)C1SC2(S1)c1c(cc(C(C)(C)C)c3ccccc13)-c1c3c(c4ccccc4[n+]12)C(C)(C)c1ccccc1-3. The number of hydrogen-bond acceptors (Lipinski definition) is 3. The third kappa shape index (κ3) is 3.59. The van der Waals surface area contributed by atoms with Gasteiger partial charge in [0.15, 0.2) is 0 Å². The molecule has 0 atom stereocenters. The second-order valence-corrected chi connectivity index (χ2v) is 18.1. The van der Waals surface area contributed by atoms with E-state index in [1.807, 2.05) is 0 Å². The minimum atomic E-state index is -0.246. The van der Waals surface area contributed by atoms with E-state index >= 15 is 0 Å². The van der Waals surface area contributed by atoms with Gasteiger partial charge in [0, 0.05) is 23.6 Å². The Morgan fingerprint density at radius 1 is 0.727 bits per heavy atom. The summed E-state index contributed by atoms with van der Waals surface area (Å²) >= 11 is 4.31. The van der Waals surface area contributed by atoms with E-state index in [-0.39, 0.29) is 15.0 Å². The molecule has 2 aliphatic heterocycles. The minimum absolute atomic E-state index is 0.0148. The van der Waals surface area contributed by atoms with Gasteiger partial charge >= 0.3 is 0 Å². The van der Waals surface area contributed by atoms with Crippen molar-refractivity contribution in [2.24, 2.45) is 0 Å². The summed E-state index contributed by atoms with van der Waals surface area (Å²) in [6.45, 7) is 21.4. The van der Waals surface area contributed by atoms with Crippen molar-refractivity contribution in [2.75, 3.05) is 0 Å². The molecule has 44 heavy (non-hydrogen) atoms. The van der Waals surface area contributed by atoms with E-state index in [1.54, 1.807) is 0 Å². The first-order valence-corrected chi connectivity index (χ1v) is 18.0. The standard InChI is InChI=1S/C40H43N2S2/c1-23(2)41(24(3)4)37-43-40(44-37)34-26-17-11-10-16-25(26)31(38(5,6)7)22-29(34)36-33-27-18-12-14-20-30(27)39(8,9)35(33)28-19-13-15-21-32(28)42(36)40/h10-24,37H,1-9H3/q+1. The molecule has 8 rings (SSSR count). The summed E-state index contributed by atoms with van der Waals surface area (Å²) < 4.78 is 2.91. The number of hydrogen-bond donors (Lipinski definition) is 0. The van der Waals surface area contributed by atoms with Crippen LogP contribution in [0.4, 0.5) is 0 Å². The van der Waals surface area contributed by atoms with Crippen LogP contribution in [0.25, 0.3) is 44.1 Å². The lowest BCUT2D eigenvalue weighted by atomic mass is 9.79. The van der Waals surface area contributed by atoms with Crippen LogP contribution in [0.3, 0.4) is 0 Å². The Labute approximate surface area is 271 Å². The highest BCUT2D eigenvalue weighted by atomic mass is 32.3. The van der Waals surface area contributed by atoms with E-state index < -0.39 is 0 Å². The van der Waals surface area contributed by atoms with E-state index in [2.05, 4.69) is 174 Å². The van der Waals surface area contributed by atoms with Crippen molar-refractivity contribution in [1.29, 1.82) is 0 Å². The summed E-state index contributed by atoms with van der Waals surface area (Å²) in [4.78, 5) is 2.69. The average molecular weight is 616 g/mol. The summed E-state index contributed by atoms with van der Waals surface area (Å²) in [5.74, 6) is 0. The first-order chi connectivity index (χ1) is 20.9. The summed E-state index contributed by atoms with van der Waals surface area (Å²) in [5.41, 5.74) is 12.8. The molecule has 3 aliphatic rings. The van der Waals surface area contributed by atoms with Crippen LogP contribution < -0.4 is 4.57 Å². The fourth-order valence-corrected chi connectivity index (χ4v) is 12.7. The van der Waals surface area contributed by atoms with Crippen molar-refractivity contribution in [3.8, 4) is 22.4 Å². The van der Waals surface area contributed by atoms with E-state index in [9.17, 15) is 0 Å². The van der Waals surface area contributed by atoms with Gasteiger partial charge in [-0.2, -0.15) is 4.57 Å². The first kappa shape index (κ1) is 28.7. The molecule has 1 fully saturated rings. The monoisotopic (exact) mass is 615 g/mol. The second-order valence-electron chi connectivity index (χ2n) is 15.0. The van der Waals surface area contributed by atoms with Crippen molar-refractivity contribution < 1.29 is 4.57 Å². The topological polar surface area (TPSA) is 7.12 Å². The molecule has 1 aromatic heterocycles. The van der Waals surface area contributed by atoms with Crippen LogP contribution >= 0.6 is 23.5 Å². The van der Waals surface area contributed by atoms with Crippen molar-refractivity contribution in [1.82, 2.24) is 4.90 Å². The van der Waals surface area contributed by atoms with Gasteiger partial charge in [0.05, 0.1) is 22.1 Å². The van der Waals surface area contributed by atoms with Crippen molar-refractivity contribution in [2.45, 2.75) is 94.1 Å². The molecule has 1 aliphatic carbocycles. The third-order valence-electron chi connectivity index (χ3n) is 10.3. The van der Waals surface area contributed by atoms with Crippen LogP contribution in [-0.2, 0) is 15.0 Å². The molecule has 0 bridgehead atoms. The van der Waals surface area contributed by atoms with Crippen molar-refractivity contribution in [3.63, 3.8) is 0 Å². The zero-order chi connectivity index (χ0) is 30.9. The molecular formula is C40H43N2S2+. The molecule has 4 heteroatoms. The van der Waals surface area contributed by atoms with Gasteiger partial charge in [-0.1, -0.05) is 95.3 Å². The quantitative estimate of drug-likeness (QED) is 0.187. The number of para-hydroxylation sites is 1. The zero-order valence-corrected chi connectivity index (χ0v) is 29.1. The minimum Gasteiger partial charge on any atom is -0.278 e. The molecular weight excluding hydrogens is 573 g/mol. The fraction of sp³-hybridized carbons (Fsp3) is 0.375. The summed E-state index contributed by atoms with van der Waals surface area (Å²) in [6.07, 6.45) is 0. The third-order valence-corrected chi connectivity index (χ3v) is 13.8. The van der Waals surface area contributed by atoms with Gasteiger partial charge in [-0.15, -0.1) is 0 Å². The van der Waals surface area contributed by atoms with E-state index in [0.717, 1.165) is 0 Å². The van der Waals surface area contributed by atoms with E-state index in [4.69, 9.17) is 0 Å². The van der Waals surface area contributed by atoms with Crippen LogP contribution in [0.5, 0.6) is 0 Å². The van der Waals surface area contributed by atoms with Gasteiger partial charge in [-0.05, 0) is 102 Å². The highest BCUT2D eigenvalue weighted by Gasteiger charge is 2.66. The summed E-state index contributed by atoms with van der Waals surface area (Å²) in [7, 11) is 0. The number of nitrogens with zero attached hydrogens (tertiary/aromatic N) is 2. The van der Waals surface area contributed by atoms with Crippen molar-refractivity contribution in [3.05, 3.63) is 101 Å². The Morgan fingerprint density at radius 3 is 1.98 bits per heavy atom. The lowest BCUT2D eigenvalue weighted by Gasteiger charge is -2.48. The predicted molar refractivity (Wildman–Crippen MR) is 192 cm³/mol. The van der Waals surface area contributed by atoms with Crippen LogP contribution in [-0.4, -0.2) is 21.7 Å². The molecule has 3 heterocycles. The van der Waals surface area contributed by atoms with Gasteiger partial charge in [-0.3, -0.25) is 4.90 Å². The lowest BCUT2D eigenvalue weighted by Crippen LogP contribution is -2.61. The van der Waals surface area contributed by atoms with Gasteiger partial charge in [-0.25, -0.2) is 0 Å². The van der Waals surface area contributed by atoms with Crippen molar-refractivity contribution >= 4 is 45.2 Å². The maximum absolute atomic E-state index is 2.77. The average Bonchev–Trinajstić information content (AvgIpc) is 3.39. The number of rotatable bonds is 3. The molecule has 0 amide bonds. The summed E-state index contributed by atoms with van der Waals surface area (Å²) in [5, 5.41) is 4.18. The molecule has 0 unspecified atom stereocenters. The van der Waals surface area contributed by atoms with E-state index in [0.29, 0.717) is 16.8 Å². The Hall–Kier alpha value is -2.79. The molecule has 5 aromatic rings. The molecule has 224 valence electrons. The van der Waals surface area contributed by atoms with Crippen LogP contribution in [0.15, 0.2) is 78.9 Å². The highest BCUT2D eigenvalue weighted by molar-refractivity contribution is 8.33. The first-order valence-electron chi connectivity index (χ1n) is 16.2. The van der Waals surface area contributed by atoms with Crippen LogP contribution in [0, 0.1) is 0 Å². The maximum Gasteiger partial charge on any atom is 0.293 e. The number of aromatic nitrogens is 1. The zero-order valence-electron chi connectivity index (χ0n) is 27.4. The fourth-order valence-electron chi connectivity index (χ4n) is 8.56. The Kier molecular flexibility index (Phi) is 6.11. The molecule has 1 spiro atoms. The Bertz CT molecular complexity index is 2000. The van der Waals surface area contributed by atoms with E-state index in [1.165, 1.54) is 66.3 Å². The largest absolute Gasteiger partial charge is 0.293 e. The van der Waals surface area contributed by atoms with Gasteiger partial charge in [0.1, 0.15) is 4.71 Å².